The number of carbonyl (C=O) groups excluding carboxylic acids is 1. The van der Waals surface area contributed by atoms with Crippen LogP contribution in [0.2, 0.25) is 5.02 Å². The number of Topliss-reactive ketones (excluding diaryl/α,β-unsaturated/α-hetero) is 1. The van der Waals surface area contributed by atoms with Crippen LogP contribution in [0.4, 0.5) is 4.39 Å². The number of hydrogen-bond donors (Lipinski definition) is 1. The maximum Gasteiger partial charge on any atom is 0.240 e. The van der Waals surface area contributed by atoms with E-state index in [9.17, 15) is 17.6 Å². The highest BCUT2D eigenvalue weighted by Crippen LogP contribution is 2.32. The summed E-state index contributed by atoms with van der Waals surface area (Å²) in [6.45, 7) is 2.62. The summed E-state index contributed by atoms with van der Waals surface area (Å²) >= 11 is 5.81. The Morgan fingerprint density at radius 2 is 2.00 bits per heavy atom. The topological polar surface area (TPSA) is 72.5 Å². The Morgan fingerprint density at radius 3 is 2.67 bits per heavy atom. The molecule has 30 heavy (non-hydrogen) atoms. The molecule has 0 aliphatic carbocycles. The molecule has 1 N–H and O–H groups in total. The van der Waals surface area contributed by atoms with Crippen LogP contribution >= 0.6 is 11.6 Å². The molecular formula is C22H25ClFNO4S. The molecule has 8 heteroatoms. The predicted octanol–water partition coefficient (Wildman–Crippen LogP) is 4.37. The predicted molar refractivity (Wildman–Crippen MR) is 114 cm³/mol. The molecule has 1 aliphatic rings. The number of sulfonamides is 1. The highest BCUT2D eigenvalue weighted by Gasteiger charge is 2.23. The summed E-state index contributed by atoms with van der Waals surface area (Å²) in [5.74, 6) is -0.654. The van der Waals surface area contributed by atoms with Gasteiger partial charge in [-0.25, -0.2) is 17.5 Å². The standard InChI is InChI=1S/C22H25ClFNO4S/c1-2-25-30(27,28)18-7-8-19(22-5-3-4-10-29-22)16(14-18)13-17(26)11-15-6-9-21(24)20(23)12-15/h6-9,12,14,22,25H,2-5,10-11,13H2,1H3. The van der Waals surface area contributed by atoms with Crippen LogP contribution in [0.25, 0.3) is 0 Å². The molecule has 2 aromatic carbocycles. The van der Waals surface area contributed by atoms with Crippen molar-refractivity contribution in [1.29, 1.82) is 0 Å². The zero-order chi connectivity index (χ0) is 21.7. The average molecular weight is 454 g/mol. The Kier molecular flexibility index (Phi) is 7.63. The molecule has 1 fully saturated rings. The molecule has 1 atom stereocenters. The number of halogens is 2. The van der Waals surface area contributed by atoms with Crippen molar-refractivity contribution in [2.45, 2.75) is 50.0 Å². The van der Waals surface area contributed by atoms with Crippen molar-refractivity contribution in [1.82, 2.24) is 4.72 Å². The summed E-state index contributed by atoms with van der Waals surface area (Å²) in [7, 11) is -3.65. The van der Waals surface area contributed by atoms with E-state index in [1.54, 1.807) is 25.1 Å². The summed E-state index contributed by atoms with van der Waals surface area (Å²) in [6.07, 6.45) is 2.81. The van der Waals surface area contributed by atoms with Gasteiger partial charge in [0.25, 0.3) is 0 Å². The quantitative estimate of drug-likeness (QED) is 0.644. The van der Waals surface area contributed by atoms with Gasteiger partial charge in [0.15, 0.2) is 0 Å². The second-order valence-corrected chi connectivity index (χ2v) is 9.53. The van der Waals surface area contributed by atoms with E-state index in [0.29, 0.717) is 17.7 Å². The van der Waals surface area contributed by atoms with Gasteiger partial charge in [-0.15, -0.1) is 0 Å². The fourth-order valence-electron chi connectivity index (χ4n) is 3.63. The summed E-state index contributed by atoms with van der Waals surface area (Å²) in [5, 5.41) is -0.0321. The molecule has 0 bridgehead atoms. The number of ketones is 1. The van der Waals surface area contributed by atoms with Gasteiger partial charge in [0.2, 0.25) is 10.0 Å². The summed E-state index contributed by atoms with van der Waals surface area (Å²) in [5.41, 5.74) is 2.09. The molecular weight excluding hydrogens is 429 g/mol. The lowest BCUT2D eigenvalue weighted by Crippen LogP contribution is -2.24. The number of benzene rings is 2. The minimum atomic E-state index is -3.65. The first kappa shape index (κ1) is 22.9. The maximum atomic E-state index is 13.4. The monoisotopic (exact) mass is 453 g/mol. The Balaban J connectivity index is 1.88. The van der Waals surface area contributed by atoms with Crippen molar-refractivity contribution in [2.75, 3.05) is 13.2 Å². The Morgan fingerprint density at radius 1 is 1.20 bits per heavy atom. The van der Waals surface area contributed by atoms with Crippen LogP contribution in [-0.4, -0.2) is 27.4 Å². The summed E-state index contributed by atoms with van der Waals surface area (Å²) in [6, 6.07) is 9.05. The normalized spacial score (nSPS) is 17.1. The molecule has 0 saturated carbocycles. The van der Waals surface area contributed by atoms with Gasteiger partial charge >= 0.3 is 0 Å². The van der Waals surface area contributed by atoms with Crippen LogP contribution < -0.4 is 4.72 Å². The molecule has 1 saturated heterocycles. The molecule has 2 aromatic rings. The van der Waals surface area contributed by atoms with Gasteiger partial charge in [-0.1, -0.05) is 30.7 Å². The van der Waals surface area contributed by atoms with Crippen molar-refractivity contribution >= 4 is 27.4 Å². The number of rotatable bonds is 8. The smallest absolute Gasteiger partial charge is 0.240 e. The van der Waals surface area contributed by atoms with E-state index in [1.165, 1.54) is 18.2 Å². The van der Waals surface area contributed by atoms with Crippen LogP contribution in [0.1, 0.15) is 49.0 Å². The molecule has 1 heterocycles. The molecule has 1 aliphatic heterocycles. The van der Waals surface area contributed by atoms with Crippen molar-refractivity contribution in [3.05, 3.63) is 63.9 Å². The third-order valence-corrected chi connectivity index (χ3v) is 6.89. The fraction of sp³-hybridized carbons (Fsp3) is 0.409. The maximum absolute atomic E-state index is 13.4. The molecule has 0 radical (unpaired) electrons. The van der Waals surface area contributed by atoms with E-state index < -0.39 is 15.8 Å². The molecule has 0 aromatic heterocycles. The van der Waals surface area contributed by atoms with Crippen LogP contribution in [-0.2, 0) is 32.4 Å². The number of hydrogen-bond acceptors (Lipinski definition) is 4. The van der Waals surface area contributed by atoms with Gasteiger partial charge in [0, 0.05) is 26.0 Å². The Hall–Kier alpha value is -1.80. The fourth-order valence-corrected chi connectivity index (χ4v) is 4.92. The van der Waals surface area contributed by atoms with E-state index >= 15 is 0 Å². The molecule has 5 nitrogen and oxygen atoms in total. The lowest BCUT2D eigenvalue weighted by molar-refractivity contribution is -0.117. The zero-order valence-corrected chi connectivity index (χ0v) is 18.4. The largest absolute Gasteiger partial charge is 0.374 e. The minimum Gasteiger partial charge on any atom is -0.374 e. The third-order valence-electron chi connectivity index (χ3n) is 5.06. The van der Waals surface area contributed by atoms with Gasteiger partial charge in [0.1, 0.15) is 11.6 Å². The summed E-state index contributed by atoms with van der Waals surface area (Å²) < 4.78 is 46.6. The van der Waals surface area contributed by atoms with Crippen LogP contribution in [0, 0.1) is 5.82 Å². The van der Waals surface area contributed by atoms with E-state index in [-0.39, 0.29) is 41.2 Å². The van der Waals surface area contributed by atoms with Crippen molar-refractivity contribution < 1.29 is 22.3 Å². The van der Waals surface area contributed by atoms with Crippen molar-refractivity contribution in [2.24, 2.45) is 0 Å². The lowest BCUT2D eigenvalue weighted by Gasteiger charge is -2.25. The Bertz CT molecular complexity index is 1020. The zero-order valence-electron chi connectivity index (χ0n) is 16.8. The molecule has 3 rings (SSSR count). The summed E-state index contributed by atoms with van der Waals surface area (Å²) in [4.78, 5) is 12.9. The van der Waals surface area contributed by atoms with Crippen LogP contribution in [0.15, 0.2) is 41.3 Å². The van der Waals surface area contributed by atoms with E-state index in [2.05, 4.69) is 4.72 Å². The first-order chi connectivity index (χ1) is 14.3. The molecule has 162 valence electrons. The highest BCUT2D eigenvalue weighted by atomic mass is 35.5. The molecule has 1 unspecified atom stereocenters. The number of ether oxygens (including phenoxy) is 1. The molecule has 0 amide bonds. The first-order valence-corrected chi connectivity index (χ1v) is 11.9. The SMILES string of the molecule is CCNS(=O)(=O)c1ccc(C2CCCCO2)c(CC(=O)Cc2ccc(F)c(Cl)c2)c1. The van der Waals surface area contributed by atoms with Crippen molar-refractivity contribution in [3.8, 4) is 0 Å². The van der Waals surface area contributed by atoms with E-state index in [4.69, 9.17) is 16.3 Å². The van der Waals surface area contributed by atoms with Crippen molar-refractivity contribution in [3.63, 3.8) is 0 Å². The van der Waals surface area contributed by atoms with E-state index in [1.807, 2.05) is 0 Å². The molecule has 0 spiro atoms. The number of carbonyl (C=O) groups is 1. The lowest BCUT2D eigenvalue weighted by atomic mass is 9.93. The first-order valence-electron chi connectivity index (χ1n) is 10.00. The Labute approximate surface area is 181 Å². The highest BCUT2D eigenvalue weighted by molar-refractivity contribution is 7.89. The van der Waals surface area contributed by atoms with Gasteiger partial charge in [-0.3, -0.25) is 4.79 Å². The van der Waals surface area contributed by atoms with E-state index in [0.717, 1.165) is 24.8 Å². The average Bonchev–Trinajstić information content (AvgIpc) is 2.71. The van der Waals surface area contributed by atoms with Crippen LogP contribution in [0.3, 0.4) is 0 Å². The second-order valence-electron chi connectivity index (χ2n) is 7.36. The van der Waals surface area contributed by atoms with Gasteiger partial charge in [-0.05, 0) is 60.2 Å². The minimum absolute atomic E-state index is 0.0321. The second kappa shape index (κ2) is 10.0. The third kappa shape index (κ3) is 5.66. The number of nitrogens with one attached hydrogen (secondary N) is 1. The van der Waals surface area contributed by atoms with Gasteiger partial charge in [-0.2, -0.15) is 0 Å². The van der Waals surface area contributed by atoms with Crippen LogP contribution in [0.5, 0.6) is 0 Å². The van der Waals surface area contributed by atoms with Gasteiger partial charge < -0.3 is 4.74 Å². The van der Waals surface area contributed by atoms with Gasteiger partial charge in [0.05, 0.1) is 16.0 Å².